The van der Waals surface area contributed by atoms with Gasteiger partial charge in [0.25, 0.3) is 11.8 Å². The number of amides is 2. The van der Waals surface area contributed by atoms with Crippen molar-refractivity contribution >= 4 is 44.6 Å². The van der Waals surface area contributed by atoms with Gasteiger partial charge < -0.3 is 19.2 Å². The van der Waals surface area contributed by atoms with Gasteiger partial charge in [-0.15, -0.1) is 0 Å². The Kier molecular flexibility index (Phi) is 5.13. The van der Waals surface area contributed by atoms with Crippen molar-refractivity contribution in [2.75, 3.05) is 26.4 Å². The predicted octanol–water partition coefficient (Wildman–Crippen LogP) is 3.72. The second-order valence-corrected chi connectivity index (χ2v) is 8.24. The fourth-order valence-corrected chi connectivity index (χ4v) is 4.69. The van der Waals surface area contributed by atoms with E-state index in [1.165, 1.54) is 4.90 Å². The molecule has 0 aliphatic carbocycles. The number of esters is 1. The number of hydrogen-bond acceptors (Lipinski definition) is 6. The summed E-state index contributed by atoms with van der Waals surface area (Å²) >= 11 is 3.53. The Hall–Kier alpha value is -3.33. The van der Waals surface area contributed by atoms with Crippen LogP contribution < -0.4 is 9.47 Å². The molecule has 9 heteroatoms. The van der Waals surface area contributed by atoms with E-state index in [1.54, 1.807) is 37.3 Å². The lowest BCUT2D eigenvalue weighted by Crippen LogP contribution is -2.32. The van der Waals surface area contributed by atoms with Gasteiger partial charge in [-0.2, -0.15) is 0 Å². The molecule has 2 aromatic carbocycles. The molecule has 2 aliphatic heterocycles. The maximum atomic E-state index is 12.8. The van der Waals surface area contributed by atoms with Crippen LogP contribution in [0.1, 0.15) is 43.7 Å². The number of rotatable bonds is 5. The number of halogens is 1. The highest BCUT2D eigenvalue weighted by Crippen LogP contribution is 2.44. The van der Waals surface area contributed by atoms with E-state index in [2.05, 4.69) is 20.9 Å². The molecule has 32 heavy (non-hydrogen) atoms. The van der Waals surface area contributed by atoms with E-state index >= 15 is 0 Å². The first-order valence-corrected chi connectivity index (χ1v) is 11.1. The van der Waals surface area contributed by atoms with Gasteiger partial charge in [0.05, 0.1) is 28.6 Å². The average molecular weight is 499 g/mol. The third kappa shape index (κ3) is 3.15. The largest absolute Gasteiger partial charge is 0.486 e. The molecule has 0 radical (unpaired) electrons. The monoisotopic (exact) mass is 498 g/mol. The molecule has 0 spiro atoms. The Bertz CT molecular complexity index is 1250. The highest BCUT2D eigenvalue weighted by molar-refractivity contribution is 9.10. The maximum absolute atomic E-state index is 12.8. The lowest BCUT2D eigenvalue weighted by atomic mass is 10.0. The van der Waals surface area contributed by atoms with E-state index in [0.717, 1.165) is 0 Å². The highest BCUT2D eigenvalue weighted by atomic mass is 79.9. The molecule has 3 heterocycles. The molecular weight excluding hydrogens is 480 g/mol. The van der Waals surface area contributed by atoms with E-state index in [9.17, 15) is 14.4 Å². The smallest absolute Gasteiger partial charge is 0.355 e. The Morgan fingerprint density at radius 2 is 1.84 bits per heavy atom. The molecule has 0 unspecified atom stereocenters. The number of carbonyl (C=O) groups excluding carboxylic acids is 3. The summed E-state index contributed by atoms with van der Waals surface area (Å²) in [5, 5.41) is 0.675. The SMILES string of the molecule is CCOC(=O)c1[nH]c2c(Br)cc3c(c2c1CCN1C(=O)c2ccccc2C1=O)OCCO3. The molecule has 2 amide bonds. The zero-order valence-electron chi connectivity index (χ0n) is 17.2. The summed E-state index contributed by atoms with van der Waals surface area (Å²) in [5.74, 6) is -0.110. The zero-order chi connectivity index (χ0) is 22.4. The molecule has 1 aromatic heterocycles. The maximum Gasteiger partial charge on any atom is 0.355 e. The number of H-pyrrole nitrogens is 1. The van der Waals surface area contributed by atoms with Gasteiger partial charge in [-0.05, 0) is 47.0 Å². The first-order chi connectivity index (χ1) is 15.5. The third-order valence-corrected chi connectivity index (χ3v) is 6.21. The minimum Gasteiger partial charge on any atom is -0.486 e. The molecule has 0 bridgehead atoms. The normalized spacial score (nSPS) is 14.8. The van der Waals surface area contributed by atoms with Gasteiger partial charge in [-0.3, -0.25) is 14.5 Å². The van der Waals surface area contributed by atoms with E-state index in [0.29, 0.717) is 56.8 Å². The number of benzene rings is 2. The summed E-state index contributed by atoms with van der Waals surface area (Å²) < 4.78 is 17.6. The summed E-state index contributed by atoms with van der Waals surface area (Å²) in [6.07, 6.45) is 0.242. The lowest BCUT2D eigenvalue weighted by Gasteiger charge is -2.20. The first kappa shape index (κ1) is 20.6. The minimum absolute atomic E-state index is 0.105. The fourth-order valence-electron chi connectivity index (χ4n) is 4.18. The van der Waals surface area contributed by atoms with Crippen LogP contribution in [0.5, 0.6) is 11.5 Å². The van der Waals surface area contributed by atoms with Crippen molar-refractivity contribution in [3.05, 3.63) is 57.2 Å². The van der Waals surface area contributed by atoms with Crippen LogP contribution in [0.4, 0.5) is 0 Å². The van der Waals surface area contributed by atoms with Crippen molar-refractivity contribution in [1.82, 2.24) is 9.88 Å². The zero-order valence-corrected chi connectivity index (χ0v) is 18.8. The number of hydrogen-bond donors (Lipinski definition) is 1. The molecule has 3 aromatic rings. The number of nitrogens with one attached hydrogen (secondary N) is 1. The minimum atomic E-state index is -0.515. The van der Waals surface area contributed by atoms with Crippen molar-refractivity contribution in [3.63, 3.8) is 0 Å². The van der Waals surface area contributed by atoms with Gasteiger partial charge in [0.2, 0.25) is 0 Å². The molecule has 0 saturated heterocycles. The molecule has 2 aliphatic rings. The summed E-state index contributed by atoms with van der Waals surface area (Å²) in [4.78, 5) is 42.7. The van der Waals surface area contributed by atoms with E-state index in [1.807, 2.05) is 0 Å². The van der Waals surface area contributed by atoms with Crippen molar-refractivity contribution < 1.29 is 28.6 Å². The first-order valence-electron chi connectivity index (χ1n) is 10.3. The highest BCUT2D eigenvalue weighted by Gasteiger charge is 2.35. The number of carbonyl (C=O) groups is 3. The number of aromatic nitrogens is 1. The van der Waals surface area contributed by atoms with E-state index < -0.39 is 5.97 Å². The van der Waals surface area contributed by atoms with Gasteiger partial charge >= 0.3 is 5.97 Å². The summed E-state index contributed by atoms with van der Waals surface area (Å²) in [6.45, 7) is 2.85. The van der Waals surface area contributed by atoms with Crippen LogP contribution in [-0.2, 0) is 11.2 Å². The van der Waals surface area contributed by atoms with Crippen LogP contribution in [0.15, 0.2) is 34.8 Å². The molecule has 5 rings (SSSR count). The van der Waals surface area contributed by atoms with Crippen LogP contribution in [0.25, 0.3) is 10.9 Å². The number of nitrogens with zero attached hydrogens (tertiary/aromatic N) is 1. The Morgan fingerprint density at radius 3 is 2.53 bits per heavy atom. The van der Waals surface area contributed by atoms with Gasteiger partial charge in [-0.1, -0.05) is 12.1 Å². The number of fused-ring (bicyclic) bond motifs is 4. The Morgan fingerprint density at radius 1 is 1.16 bits per heavy atom. The summed E-state index contributed by atoms with van der Waals surface area (Å²) in [6, 6.07) is 8.53. The molecule has 0 fully saturated rings. The van der Waals surface area contributed by atoms with E-state index in [4.69, 9.17) is 14.2 Å². The second kappa shape index (κ2) is 7.98. The van der Waals surface area contributed by atoms with Crippen LogP contribution in [0.3, 0.4) is 0 Å². The molecular formula is C23H19BrN2O6. The quantitative estimate of drug-likeness (QED) is 0.425. The molecule has 0 atom stereocenters. The standard InChI is InChI=1S/C23H19BrN2O6/c1-2-30-23(29)18-14(7-8-26-21(27)12-5-3-4-6-13(12)22(26)28)17-19(25-18)15(24)11-16-20(17)32-10-9-31-16/h3-6,11,25H,2,7-10H2,1H3. The molecule has 0 saturated carbocycles. The van der Waals surface area contributed by atoms with Gasteiger partial charge in [0.15, 0.2) is 11.5 Å². The van der Waals surface area contributed by atoms with Crippen molar-refractivity contribution in [1.29, 1.82) is 0 Å². The van der Waals surface area contributed by atoms with Crippen molar-refractivity contribution in [3.8, 4) is 11.5 Å². The van der Waals surface area contributed by atoms with Crippen LogP contribution in [-0.4, -0.2) is 54.0 Å². The average Bonchev–Trinajstić information content (AvgIpc) is 3.30. The Labute approximate surface area is 191 Å². The lowest BCUT2D eigenvalue weighted by molar-refractivity contribution is 0.0519. The van der Waals surface area contributed by atoms with Crippen LogP contribution in [0.2, 0.25) is 0 Å². The van der Waals surface area contributed by atoms with Gasteiger partial charge in [0, 0.05) is 17.1 Å². The van der Waals surface area contributed by atoms with Crippen LogP contribution >= 0.6 is 15.9 Å². The van der Waals surface area contributed by atoms with Gasteiger partial charge in [0.1, 0.15) is 18.9 Å². The summed E-state index contributed by atoms with van der Waals surface area (Å²) in [5.41, 5.74) is 2.31. The molecule has 164 valence electrons. The third-order valence-electron chi connectivity index (χ3n) is 5.58. The Balaban J connectivity index is 1.57. The number of ether oxygens (including phenoxy) is 3. The van der Waals surface area contributed by atoms with Crippen LogP contribution in [0, 0.1) is 0 Å². The van der Waals surface area contributed by atoms with Crippen molar-refractivity contribution in [2.24, 2.45) is 0 Å². The number of imide groups is 1. The molecule has 8 nitrogen and oxygen atoms in total. The fraction of sp³-hybridized carbons (Fsp3) is 0.261. The predicted molar refractivity (Wildman–Crippen MR) is 118 cm³/mol. The van der Waals surface area contributed by atoms with Gasteiger partial charge in [-0.25, -0.2) is 4.79 Å². The van der Waals surface area contributed by atoms with E-state index in [-0.39, 0.29) is 37.1 Å². The molecule has 1 N–H and O–H groups in total. The summed E-state index contributed by atoms with van der Waals surface area (Å²) in [7, 11) is 0. The number of aromatic amines is 1. The topological polar surface area (TPSA) is 97.9 Å². The second-order valence-electron chi connectivity index (χ2n) is 7.39. The van der Waals surface area contributed by atoms with Crippen molar-refractivity contribution in [2.45, 2.75) is 13.3 Å².